The zero-order chi connectivity index (χ0) is 18.0. The van der Waals surface area contributed by atoms with Gasteiger partial charge in [-0.25, -0.2) is 0 Å². The number of aliphatic hydroxyl groups excluding tert-OH is 1. The maximum Gasteiger partial charge on any atom is 0.193 e. The Morgan fingerprint density at radius 1 is 1.16 bits per heavy atom. The van der Waals surface area contributed by atoms with Gasteiger partial charge in [-0.05, 0) is 38.1 Å². The number of benzene rings is 2. The summed E-state index contributed by atoms with van der Waals surface area (Å²) in [7, 11) is 1.51. The predicted molar refractivity (Wildman–Crippen MR) is 98.1 cm³/mol. The van der Waals surface area contributed by atoms with Gasteiger partial charge in [0.1, 0.15) is 22.9 Å². The van der Waals surface area contributed by atoms with Crippen LogP contribution in [0.3, 0.4) is 0 Å². The summed E-state index contributed by atoms with van der Waals surface area (Å²) in [5, 5.41) is 10.2. The van der Waals surface area contributed by atoms with E-state index in [0.717, 1.165) is 5.56 Å². The molecule has 4 heteroatoms. The Labute approximate surface area is 147 Å². The van der Waals surface area contributed by atoms with E-state index in [2.05, 4.69) is 0 Å². The quantitative estimate of drug-likeness (QED) is 0.501. The Bertz CT molecular complexity index is 861. The van der Waals surface area contributed by atoms with E-state index in [1.54, 1.807) is 36.4 Å². The second-order valence-corrected chi connectivity index (χ2v) is 6.36. The van der Waals surface area contributed by atoms with Gasteiger partial charge in [-0.2, -0.15) is 0 Å². The highest BCUT2D eigenvalue weighted by atomic mass is 16.5. The Hall–Kier alpha value is -3.01. The topological polar surface area (TPSA) is 55.8 Å². The minimum absolute atomic E-state index is 0.0849. The first-order valence-electron chi connectivity index (χ1n) is 8.01. The molecular formula is C21H20O4. The van der Waals surface area contributed by atoms with E-state index in [-0.39, 0.29) is 11.5 Å². The van der Waals surface area contributed by atoms with Gasteiger partial charge < -0.3 is 14.6 Å². The molecule has 0 spiro atoms. The highest BCUT2D eigenvalue weighted by Crippen LogP contribution is 2.39. The van der Waals surface area contributed by atoms with Crippen molar-refractivity contribution in [3.05, 3.63) is 71.3 Å². The fourth-order valence-corrected chi connectivity index (χ4v) is 2.74. The van der Waals surface area contributed by atoms with Crippen LogP contribution in [0.15, 0.2) is 54.6 Å². The van der Waals surface area contributed by atoms with E-state index in [1.807, 2.05) is 32.1 Å². The number of fused-ring (bicyclic) bond motifs is 1. The zero-order valence-corrected chi connectivity index (χ0v) is 14.4. The lowest BCUT2D eigenvalue weighted by Crippen LogP contribution is -2.27. The first kappa shape index (κ1) is 16.8. The number of carbonyl (C=O) groups excluding carboxylic acids is 1. The highest BCUT2D eigenvalue weighted by Gasteiger charge is 2.26. The molecule has 0 bridgehead atoms. The number of methoxy groups -OCH3 is 1. The first-order valence-corrected chi connectivity index (χ1v) is 8.01. The summed E-state index contributed by atoms with van der Waals surface area (Å²) in [6, 6.07) is 12.3. The summed E-state index contributed by atoms with van der Waals surface area (Å²) in [5.74, 6) is 0.682. The third kappa shape index (κ3) is 3.43. The fourth-order valence-electron chi connectivity index (χ4n) is 2.74. The summed E-state index contributed by atoms with van der Waals surface area (Å²) in [5.41, 5.74) is 1.27. The van der Waals surface area contributed by atoms with Gasteiger partial charge in [0.25, 0.3) is 0 Å². The van der Waals surface area contributed by atoms with Crippen molar-refractivity contribution in [2.24, 2.45) is 0 Å². The third-order valence-electron chi connectivity index (χ3n) is 3.99. The molecule has 1 aliphatic rings. The van der Waals surface area contributed by atoms with Crippen LogP contribution in [0.4, 0.5) is 0 Å². The molecule has 1 heterocycles. The Kier molecular flexibility index (Phi) is 4.36. The normalized spacial score (nSPS) is 15.2. The van der Waals surface area contributed by atoms with Crippen LogP contribution < -0.4 is 9.47 Å². The maximum absolute atomic E-state index is 12.6. The average molecular weight is 336 g/mol. The monoisotopic (exact) mass is 336 g/mol. The molecule has 0 atom stereocenters. The van der Waals surface area contributed by atoms with Crippen LogP contribution in [-0.4, -0.2) is 23.6 Å². The van der Waals surface area contributed by atoms with Crippen LogP contribution in [0.5, 0.6) is 11.5 Å². The van der Waals surface area contributed by atoms with Crippen LogP contribution in [0.1, 0.15) is 35.3 Å². The van der Waals surface area contributed by atoms with Crippen LogP contribution in [0, 0.1) is 0 Å². The minimum atomic E-state index is -0.408. The Morgan fingerprint density at radius 3 is 2.56 bits per heavy atom. The lowest BCUT2D eigenvalue weighted by molar-refractivity contribution is 0.104. The molecule has 1 aliphatic heterocycles. The molecule has 2 aromatic rings. The molecule has 2 aromatic carbocycles. The standard InChI is InChI=1S/C21H20O4/c1-21(2)12-11-16-19(25-21)10-9-15(20(16)24-3)18(23)13-17(22)14-7-5-4-6-8-14/h4-13,22H,1-3H3/b17-13-. The van der Waals surface area contributed by atoms with E-state index in [4.69, 9.17) is 9.47 Å². The van der Waals surface area contributed by atoms with E-state index < -0.39 is 5.60 Å². The highest BCUT2D eigenvalue weighted by molar-refractivity contribution is 6.10. The lowest BCUT2D eigenvalue weighted by atomic mass is 9.97. The summed E-state index contributed by atoms with van der Waals surface area (Å²) < 4.78 is 11.4. The number of aliphatic hydroxyl groups is 1. The fraction of sp³-hybridized carbons (Fsp3) is 0.190. The van der Waals surface area contributed by atoms with Crippen molar-refractivity contribution in [3.63, 3.8) is 0 Å². The van der Waals surface area contributed by atoms with Gasteiger partial charge in [-0.1, -0.05) is 30.3 Å². The lowest BCUT2D eigenvalue weighted by Gasteiger charge is -2.29. The molecule has 0 saturated heterocycles. The number of carbonyl (C=O) groups is 1. The predicted octanol–water partition coefficient (Wildman–Crippen LogP) is 4.66. The van der Waals surface area contributed by atoms with Gasteiger partial charge in [0.2, 0.25) is 0 Å². The van der Waals surface area contributed by atoms with Crippen molar-refractivity contribution in [3.8, 4) is 11.5 Å². The van der Waals surface area contributed by atoms with E-state index >= 15 is 0 Å². The number of hydrogen-bond acceptors (Lipinski definition) is 4. The van der Waals surface area contributed by atoms with Crippen LogP contribution >= 0.6 is 0 Å². The Balaban J connectivity index is 1.99. The van der Waals surface area contributed by atoms with Gasteiger partial charge in [0, 0.05) is 11.6 Å². The van der Waals surface area contributed by atoms with Crippen molar-refractivity contribution in [1.29, 1.82) is 0 Å². The molecular weight excluding hydrogens is 316 g/mol. The van der Waals surface area contributed by atoms with Gasteiger partial charge in [-0.3, -0.25) is 4.79 Å². The van der Waals surface area contributed by atoms with E-state index in [9.17, 15) is 9.90 Å². The molecule has 0 radical (unpaired) electrons. The van der Waals surface area contributed by atoms with Gasteiger partial charge >= 0.3 is 0 Å². The smallest absolute Gasteiger partial charge is 0.193 e. The van der Waals surface area contributed by atoms with Crippen LogP contribution in [0.25, 0.3) is 11.8 Å². The van der Waals surface area contributed by atoms with Crippen molar-refractivity contribution < 1.29 is 19.4 Å². The zero-order valence-electron chi connectivity index (χ0n) is 14.4. The molecule has 0 amide bonds. The van der Waals surface area contributed by atoms with Crippen molar-refractivity contribution in [2.45, 2.75) is 19.4 Å². The molecule has 0 fully saturated rings. The molecule has 3 rings (SSSR count). The van der Waals surface area contributed by atoms with Gasteiger partial charge in [-0.15, -0.1) is 0 Å². The van der Waals surface area contributed by atoms with Gasteiger partial charge in [0.15, 0.2) is 5.78 Å². The molecule has 0 saturated carbocycles. The average Bonchev–Trinajstić information content (AvgIpc) is 2.60. The largest absolute Gasteiger partial charge is 0.507 e. The molecule has 128 valence electrons. The van der Waals surface area contributed by atoms with Crippen LogP contribution in [0.2, 0.25) is 0 Å². The van der Waals surface area contributed by atoms with Crippen molar-refractivity contribution in [1.82, 2.24) is 0 Å². The Morgan fingerprint density at radius 2 is 1.88 bits per heavy atom. The second kappa shape index (κ2) is 6.48. The summed E-state index contributed by atoms with van der Waals surface area (Å²) in [6.45, 7) is 3.91. The maximum atomic E-state index is 12.6. The summed E-state index contributed by atoms with van der Waals surface area (Å²) in [6.07, 6.45) is 5.02. The van der Waals surface area contributed by atoms with Crippen molar-refractivity contribution in [2.75, 3.05) is 7.11 Å². The second-order valence-electron chi connectivity index (χ2n) is 6.36. The number of allylic oxidation sites excluding steroid dienone is 1. The SMILES string of the molecule is COc1c(C(=O)/C=C(\O)c2ccccc2)ccc2c1C=CC(C)(C)O2. The molecule has 25 heavy (non-hydrogen) atoms. The van der Waals surface area contributed by atoms with E-state index in [1.165, 1.54) is 13.2 Å². The molecule has 1 N–H and O–H groups in total. The molecule has 0 unspecified atom stereocenters. The number of ketones is 1. The molecule has 0 aliphatic carbocycles. The van der Waals surface area contributed by atoms with Crippen LogP contribution in [-0.2, 0) is 0 Å². The first-order chi connectivity index (χ1) is 11.9. The minimum Gasteiger partial charge on any atom is -0.507 e. The number of hydrogen-bond donors (Lipinski definition) is 1. The summed E-state index contributed by atoms with van der Waals surface area (Å²) in [4.78, 5) is 12.6. The van der Waals surface area contributed by atoms with Crippen molar-refractivity contribution >= 4 is 17.6 Å². The third-order valence-corrected chi connectivity index (χ3v) is 3.99. The molecule has 0 aromatic heterocycles. The molecule has 4 nitrogen and oxygen atoms in total. The summed E-state index contributed by atoms with van der Waals surface area (Å²) >= 11 is 0. The van der Waals surface area contributed by atoms with Gasteiger partial charge in [0.05, 0.1) is 18.2 Å². The number of rotatable bonds is 4. The number of ether oxygens (including phenoxy) is 2. The van der Waals surface area contributed by atoms with E-state index in [0.29, 0.717) is 22.6 Å².